The van der Waals surface area contributed by atoms with Crippen molar-refractivity contribution in [2.45, 2.75) is 0 Å². The molecule has 0 saturated heterocycles. The van der Waals surface area contributed by atoms with E-state index in [2.05, 4.69) is 127 Å². The first kappa shape index (κ1) is 22.6. The second-order valence-electron chi connectivity index (χ2n) is 10.0. The molecule has 2 aliphatic heterocycles. The quantitative estimate of drug-likeness (QED) is 0.240. The van der Waals surface area contributed by atoms with Gasteiger partial charge >= 0.3 is 0 Å². The Morgan fingerprint density at radius 2 is 1.10 bits per heavy atom. The van der Waals surface area contributed by atoms with Gasteiger partial charge in [0.2, 0.25) is 0 Å². The van der Waals surface area contributed by atoms with Crippen molar-refractivity contribution in [3.05, 3.63) is 161 Å². The summed E-state index contributed by atoms with van der Waals surface area (Å²) in [5.41, 5.74) is 12.6. The third-order valence-corrected chi connectivity index (χ3v) is 7.68. The maximum absolute atomic E-state index is 5.43. The molecule has 40 heavy (non-hydrogen) atoms. The number of rotatable bonds is 4. The summed E-state index contributed by atoms with van der Waals surface area (Å²) >= 11 is 0. The molecule has 2 aliphatic rings. The molecule has 8 rings (SSSR count). The highest BCUT2D eigenvalue weighted by molar-refractivity contribution is 6.36. The molecule has 5 aromatic carbocycles. The van der Waals surface area contributed by atoms with E-state index >= 15 is 0 Å². The highest BCUT2D eigenvalue weighted by Gasteiger charge is 2.29. The molecule has 0 spiro atoms. The van der Waals surface area contributed by atoms with Crippen LogP contribution < -0.4 is 10.6 Å². The fraction of sp³-hybridized carbons (Fsp3) is 0. The van der Waals surface area contributed by atoms with E-state index in [-0.39, 0.29) is 0 Å². The van der Waals surface area contributed by atoms with E-state index in [1.807, 2.05) is 12.3 Å². The van der Waals surface area contributed by atoms with Gasteiger partial charge in [0.1, 0.15) is 0 Å². The van der Waals surface area contributed by atoms with Crippen LogP contribution >= 0.6 is 0 Å². The van der Waals surface area contributed by atoms with E-state index in [1.165, 1.54) is 0 Å². The second kappa shape index (κ2) is 9.11. The first-order valence-electron chi connectivity index (χ1n) is 13.5. The number of nitrogens with zero attached hydrogens (tertiary/aromatic N) is 3. The third-order valence-electron chi connectivity index (χ3n) is 7.68. The van der Waals surface area contributed by atoms with E-state index in [1.54, 1.807) is 0 Å². The SMILES string of the molecule is c1ccc(C2=c3ccc4c(c3N=C2c2nccc(-c3ccccc3)c2-c2ccccc2)-c2ccccc2N=4)cc1. The maximum atomic E-state index is 5.43. The molecule has 0 atom stereocenters. The summed E-state index contributed by atoms with van der Waals surface area (Å²) in [6, 6.07) is 46.3. The molecule has 0 amide bonds. The van der Waals surface area contributed by atoms with E-state index < -0.39 is 0 Å². The van der Waals surface area contributed by atoms with E-state index in [9.17, 15) is 0 Å². The number of hydrogen-bond donors (Lipinski definition) is 0. The normalized spacial score (nSPS) is 12.8. The van der Waals surface area contributed by atoms with Crippen LogP contribution in [-0.2, 0) is 0 Å². The summed E-state index contributed by atoms with van der Waals surface area (Å²) < 4.78 is 0. The van der Waals surface area contributed by atoms with E-state index in [0.717, 1.165) is 77.9 Å². The van der Waals surface area contributed by atoms with Crippen molar-refractivity contribution in [2.24, 2.45) is 9.98 Å². The van der Waals surface area contributed by atoms with Crippen molar-refractivity contribution in [3.63, 3.8) is 0 Å². The Labute approximate surface area is 232 Å². The Balaban J connectivity index is 1.46. The molecule has 0 radical (unpaired) electrons. The minimum absolute atomic E-state index is 0.875. The fourth-order valence-electron chi connectivity index (χ4n) is 5.93. The Hall–Kier alpha value is -5.41. The first-order valence-corrected chi connectivity index (χ1v) is 13.5. The van der Waals surface area contributed by atoms with Crippen molar-refractivity contribution in [2.75, 3.05) is 0 Å². The predicted octanol–water partition coefficient (Wildman–Crippen LogP) is 7.68. The summed E-state index contributed by atoms with van der Waals surface area (Å²) in [4.78, 5) is 15.4. The van der Waals surface area contributed by atoms with Crippen LogP contribution in [0, 0.1) is 0 Å². The minimum atomic E-state index is 0.875. The number of para-hydroxylation sites is 1. The second-order valence-corrected chi connectivity index (χ2v) is 10.0. The Morgan fingerprint density at radius 1 is 0.450 bits per heavy atom. The molecular formula is C37H23N3. The molecule has 3 heterocycles. The summed E-state index contributed by atoms with van der Waals surface area (Å²) in [7, 11) is 0. The van der Waals surface area contributed by atoms with Crippen LogP contribution in [0.4, 0.5) is 11.4 Å². The lowest BCUT2D eigenvalue weighted by molar-refractivity contribution is 1.29. The molecule has 186 valence electrons. The van der Waals surface area contributed by atoms with E-state index in [0.29, 0.717) is 0 Å². The van der Waals surface area contributed by atoms with Crippen LogP contribution in [0.15, 0.2) is 150 Å². The van der Waals surface area contributed by atoms with Gasteiger partial charge < -0.3 is 0 Å². The van der Waals surface area contributed by atoms with Gasteiger partial charge in [-0.05, 0) is 46.5 Å². The summed E-state index contributed by atoms with van der Waals surface area (Å²) in [6.45, 7) is 0. The van der Waals surface area contributed by atoms with Gasteiger partial charge in [-0.15, -0.1) is 0 Å². The van der Waals surface area contributed by atoms with Gasteiger partial charge in [-0.2, -0.15) is 0 Å². The lowest BCUT2D eigenvalue weighted by atomic mass is 9.89. The maximum Gasteiger partial charge on any atom is 0.0985 e. The Bertz CT molecular complexity index is 2080. The van der Waals surface area contributed by atoms with Gasteiger partial charge in [-0.25, -0.2) is 9.98 Å². The lowest BCUT2D eigenvalue weighted by Gasteiger charge is -2.16. The van der Waals surface area contributed by atoms with Crippen molar-refractivity contribution >= 4 is 22.7 Å². The highest BCUT2D eigenvalue weighted by Crippen LogP contribution is 2.41. The standard InChI is InChI=1S/C37H23N3/c1-4-12-24(13-5-1)27-22-23-38-36(32(27)25-14-6-2-7-15-25)37-33(26-16-8-3-9-17-26)29-20-21-31-34(35(29)40-37)28-18-10-11-19-30(28)39-31/h1-23H. The van der Waals surface area contributed by atoms with Gasteiger partial charge in [0.05, 0.1) is 28.1 Å². The number of hydrogen-bond acceptors (Lipinski definition) is 3. The van der Waals surface area contributed by atoms with Crippen LogP contribution in [0.2, 0.25) is 0 Å². The van der Waals surface area contributed by atoms with Gasteiger partial charge in [-0.1, -0.05) is 109 Å². The van der Waals surface area contributed by atoms with Crippen molar-refractivity contribution in [1.29, 1.82) is 0 Å². The zero-order chi connectivity index (χ0) is 26.5. The molecule has 6 aromatic rings. The molecule has 0 unspecified atom stereocenters. The van der Waals surface area contributed by atoms with Crippen LogP contribution in [0.5, 0.6) is 0 Å². The van der Waals surface area contributed by atoms with Gasteiger partial charge in [0, 0.05) is 33.7 Å². The molecule has 0 saturated carbocycles. The number of aromatic nitrogens is 1. The lowest BCUT2D eigenvalue weighted by Crippen LogP contribution is -2.15. The molecule has 0 bridgehead atoms. The third kappa shape index (κ3) is 3.49. The molecule has 0 aliphatic carbocycles. The molecule has 3 heteroatoms. The summed E-state index contributed by atoms with van der Waals surface area (Å²) in [6.07, 6.45) is 1.91. The molecular weight excluding hydrogens is 486 g/mol. The minimum Gasteiger partial charge on any atom is -0.254 e. The Kier molecular flexibility index (Phi) is 5.14. The monoisotopic (exact) mass is 509 g/mol. The van der Waals surface area contributed by atoms with Gasteiger partial charge in [0.25, 0.3) is 0 Å². The zero-order valence-corrected chi connectivity index (χ0v) is 21.6. The molecule has 0 N–H and O–H groups in total. The van der Waals surface area contributed by atoms with Crippen LogP contribution in [0.25, 0.3) is 39.0 Å². The smallest absolute Gasteiger partial charge is 0.0985 e. The van der Waals surface area contributed by atoms with Crippen molar-refractivity contribution in [1.82, 2.24) is 4.98 Å². The first-order chi connectivity index (χ1) is 19.9. The fourth-order valence-corrected chi connectivity index (χ4v) is 5.93. The highest BCUT2D eigenvalue weighted by atomic mass is 14.9. The summed E-state index contributed by atoms with van der Waals surface area (Å²) in [5, 5.41) is 2.07. The topological polar surface area (TPSA) is 37.6 Å². The zero-order valence-electron chi connectivity index (χ0n) is 21.6. The number of aliphatic imine (C=N–C) groups is 1. The number of fused-ring (bicyclic) bond motifs is 5. The van der Waals surface area contributed by atoms with Crippen LogP contribution in [0.1, 0.15) is 11.3 Å². The predicted molar refractivity (Wildman–Crippen MR) is 163 cm³/mol. The van der Waals surface area contributed by atoms with Crippen LogP contribution in [0.3, 0.4) is 0 Å². The average Bonchev–Trinajstić information content (AvgIpc) is 3.60. The van der Waals surface area contributed by atoms with Gasteiger partial charge in [0.15, 0.2) is 0 Å². The number of pyridine rings is 1. The van der Waals surface area contributed by atoms with E-state index in [4.69, 9.17) is 15.0 Å². The summed E-state index contributed by atoms with van der Waals surface area (Å²) in [5.74, 6) is 0. The van der Waals surface area contributed by atoms with Gasteiger partial charge in [-0.3, -0.25) is 4.98 Å². The molecule has 3 nitrogen and oxygen atoms in total. The Morgan fingerprint density at radius 3 is 1.85 bits per heavy atom. The average molecular weight is 510 g/mol. The molecule has 1 aromatic heterocycles. The van der Waals surface area contributed by atoms with Crippen molar-refractivity contribution in [3.8, 4) is 33.4 Å². The largest absolute Gasteiger partial charge is 0.254 e. The van der Waals surface area contributed by atoms with Crippen LogP contribution in [-0.4, -0.2) is 10.7 Å². The van der Waals surface area contributed by atoms with Crippen molar-refractivity contribution < 1.29 is 0 Å². The number of benzene rings is 5. The molecule has 0 fully saturated rings.